The maximum absolute atomic E-state index is 12.6. The minimum Gasteiger partial charge on any atom is -0.465 e. The van der Waals surface area contributed by atoms with Gasteiger partial charge in [-0.25, -0.2) is 4.79 Å². The SMILES string of the molecule is COC(=O)c1ccccc1-n1cccc1[C@H]1[C@@H](c2ccccn2)NC(=S)N1c1ccc(NC(=O)C(C)C)c(Cl)c1. The fourth-order valence-corrected chi connectivity index (χ4v) is 5.35. The Bertz CT molecular complexity index is 1570. The standard InChI is InChI=1S/C30H28ClN5O3S/c1-18(2)28(37)33-22-14-13-19(17-21(22)31)36-27(26(34-30(36)40)23-10-6-7-15-32-23)25-12-8-16-35(25)24-11-5-4-9-20(24)29(38)39-3/h4-18,26-27H,1-3H3,(H,33,37)(H,34,40)/t26-,27+/m1/s1. The van der Waals surface area contributed by atoms with Crippen LogP contribution >= 0.6 is 23.8 Å². The second-order valence-corrected chi connectivity index (χ2v) is 10.4. The number of pyridine rings is 1. The molecular weight excluding hydrogens is 546 g/mol. The number of carbonyl (C=O) groups is 2. The summed E-state index contributed by atoms with van der Waals surface area (Å²) in [6.45, 7) is 3.64. The Morgan fingerprint density at radius 1 is 1.07 bits per heavy atom. The Kier molecular flexibility index (Phi) is 7.86. The summed E-state index contributed by atoms with van der Waals surface area (Å²) in [5, 5.41) is 7.19. The maximum atomic E-state index is 12.6. The van der Waals surface area contributed by atoms with Gasteiger partial charge in [-0.3, -0.25) is 9.78 Å². The van der Waals surface area contributed by atoms with E-state index in [9.17, 15) is 9.59 Å². The Labute approximate surface area is 242 Å². The van der Waals surface area contributed by atoms with Crippen molar-refractivity contribution < 1.29 is 14.3 Å². The summed E-state index contributed by atoms with van der Waals surface area (Å²) in [7, 11) is 1.37. The number of thiocarbonyl (C=S) groups is 1. The van der Waals surface area contributed by atoms with Crippen molar-refractivity contribution in [2.24, 2.45) is 5.92 Å². The van der Waals surface area contributed by atoms with Gasteiger partial charge in [0.05, 0.1) is 40.8 Å². The highest BCUT2D eigenvalue weighted by Gasteiger charge is 2.42. The van der Waals surface area contributed by atoms with E-state index in [4.69, 9.17) is 28.6 Å². The van der Waals surface area contributed by atoms with E-state index in [0.717, 1.165) is 17.1 Å². The van der Waals surface area contributed by atoms with Crippen LogP contribution in [0.1, 0.15) is 47.7 Å². The van der Waals surface area contributed by atoms with E-state index in [1.165, 1.54) is 7.11 Å². The molecule has 10 heteroatoms. The number of hydrogen-bond donors (Lipinski definition) is 2. The number of nitrogens with one attached hydrogen (secondary N) is 2. The Hall–Kier alpha value is -4.21. The fraction of sp³-hybridized carbons (Fsp3) is 0.200. The minimum absolute atomic E-state index is 0.122. The molecule has 2 N–H and O–H groups in total. The molecule has 0 unspecified atom stereocenters. The maximum Gasteiger partial charge on any atom is 0.339 e. The molecule has 204 valence electrons. The van der Waals surface area contributed by atoms with Crippen molar-refractivity contribution >= 4 is 52.2 Å². The highest BCUT2D eigenvalue weighted by Crippen LogP contribution is 2.43. The van der Waals surface area contributed by atoms with Gasteiger partial charge in [-0.1, -0.05) is 43.6 Å². The van der Waals surface area contributed by atoms with Gasteiger partial charge in [0.25, 0.3) is 0 Å². The van der Waals surface area contributed by atoms with Crippen LogP contribution in [-0.4, -0.2) is 33.6 Å². The molecule has 5 rings (SSSR count). The first-order chi connectivity index (χ1) is 19.3. The number of halogens is 1. The molecule has 1 aliphatic rings. The quantitative estimate of drug-likeness (QED) is 0.204. The molecule has 0 aliphatic carbocycles. The highest BCUT2D eigenvalue weighted by atomic mass is 35.5. The topological polar surface area (TPSA) is 88.5 Å². The van der Waals surface area contributed by atoms with Crippen molar-refractivity contribution in [1.29, 1.82) is 0 Å². The third kappa shape index (κ3) is 5.17. The first kappa shape index (κ1) is 27.4. The summed E-state index contributed by atoms with van der Waals surface area (Å²) in [6, 6.07) is 21.7. The number of amides is 1. The molecular formula is C30H28ClN5O3S. The Balaban J connectivity index is 1.63. The van der Waals surface area contributed by atoms with Gasteiger partial charge >= 0.3 is 5.97 Å². The number of benzene rings is 2. The molecule has 0 spiro atoms. The smallest absolute Gasteiger partial charge is 0.339 e. The highest BCUT2D eigenvalue weighted by molar-refractivity contribution is 7.80. The molecule has 0 radical (unpaired) electrons. The molecule has 4 aromatic rings. The third-order valence-corrected chi connectivity index (χ3v) is 7.39. The molecule has 1 fully saturated rings. The molecule has 2 atom stereocenters. The molecule has 1 aliphatic heterocycles. The van der Waals surface area contributed by atoms with E-state index in [-0.39, 0.29) is 23.9 Å². The monoisotopic (exact) mass is 573 g/mol. The summed E-state index contributed by atoms with van der Waals surface area (Å²) in [5.41, 5.74) is 4.05. The zero-order valence-corrected chi connectivity index (χ0v) is 23.7. The number of aromatic nitrogens is 2. The second-order valence-electron chi connectivity index (χ2n) is 9.62. The molecule has 3 heterocycles. The lowest BCUT2D eigenvalue weighted by atomic mass is 10.0. The Morgan fingerprint density at radius 3 is 2.55 bits per heavy atom. The van der Waals surface area contributed by atoms with Gasteiger partial charge in [-0.05, 0) is 66.8 Å². The lowest BCUT2D eigenvalue weighted by molar-refractivity contribution is -0.118. The van der Waals surface area contributed by atoms with E-state index in [0.29, 0.717) is 27.1 Å². The van der Waals surface area contributed by atoms with E-state index in [1.54, 1.807) is 30.5 Å². The van der Waals surface area contributed by atoms with Crippen LogP contribution in [-0.2, 0) is 9.53 Å². The zero-order valence-electron chi connectivity index (χ0n) is 22.2. The molecule has 0 bridgehead atoms. The largest absolute Gasteiger partial charge is 0.465 e. The number of ether oxygens (including phenoxy) is 1. The third-order valence-electron chi connectivity index (χ3n) is 6.76. The number of methoxy groups -OCH3 is 1. The van der Waals surface area contributed by atoms with Crippen LogP contribution < -0.4 is 15.5 Å². The summed E-state index contributed by atoms with van der Waals surface area (Å²) >= 11 is 12.5. The van der Waals surface area contributed by atoms with E-state index < -0.39 is 5.97 Å². The summed E-state index contributed by atoms with van der Waals surface area (Å²) in [5.74, 6) is -0.738. The number of para-hydroxylation sites is 1. The lowest BCUT2D eigenvalue weighted by Gasteiger charge is -2.29. The summed E-state index contributed by atoms with van der Waals surface area (Å²) < 4.78 is 7.02. The summed E-state index contributed by atoms with van der Waals surface area (Å²) in [6.07, 6.45) is 3.65. The van der Waals surface area contributed by atoms with Crippen molar-refractivity contribution in [2.75, 3.05) is 17.3 Å². The number of esters is 1. The van der Waals surface area contributed by atoms with Gasteiger partial charge in [-0.2, -0.15) is 0 Å². The predicted octanol–water partition coefficient (Wildman–Crippen LogP) is 6.08. The molecule has 2 aromatic heterocycles. The number of carbonyl (C=O) groups excluding carboxylic acids is 2. The van der Waals surface area contributed by atoms with Crippen molar-refractivity contribution in [1.82, 2.24) is 14.9 Å². The molecule has 1 saturated heterocycles. The molecule has 40 heavy (non-hydrogen) atoms. The first-order valence-corrected chi connectivity index (χ1v) is 13.5. The van der Waals surface area contributed by atoms with Crippen LogP contribution in [0.15, 0.2) is 85.2 Å². The van der Waals surface area contributed by atoms with Crippen molar-refractivity contribution in [3.63, 3.8) is 0 Å². The van der Waals surface area contributed by atoms with E-state index >= 15 is 0 Å². The average molecular weight is 574 g/mol. The zero-order chi connectivity index (χ0) is 28.4. The van der Waals surface area contributed by atoms with Crippen LogP contribution in [0.3, 0.4) is 0 Å². The molecule has 1 amide bonds. The number of rotatable bonds is 7. The number of nitrogens with zero attached hydrogens (tertiary/aromatic N) is 3. The minimum atomic E-state index is -0.431. The molecule has 0 saturated carbocycles. The second kappa shape index (κ2) is 11.5. The van der Waals surface area contributed by atoms with Gasteiger partial charge in [0, 0.05) is 29.7 Å². The predicted molar refractivity (Wildman–Crippen MR) is 160 cm³/mol. The molecule has 8 nitrogen and oxygen atoms in total. The number of anilines is 2. The van der Waals surface area contributed by atoms with E-state index in [2.05, 4.69) is 15.6 Å². The van der Waals surface area contributed by atoms with Crippen LogP contribution in [0, 0.1) is 5.92 Å². The normalized spacial score (nSPS) is 16.6. The van der Waals surface area contributed by atoms with Crippen LogP contribution in [0.25, 0.3) is 5.69 Å². The first-order valence-electron chi connectivity index (χ1n) is 12.8. The van der Waals surface area contributed by atoms with Gasteiger partial charge in [0.2, 0.25) is 5.91 Å². The van der Waals surface area contributed by atoms with Crippen molar-refractivity contribution in [3.8, 4) is 5.69 Å². The van der Waals surface area contributed by atoms with Crippen molar-refractivity contribution in [2.45, 2.75) is 25.9 Å². The van der Waals surface area contributed by atoms with Gasteiger partial charge in [0.1, 0.15) is 6.04 Å². The van der Waals surface area contributed by atoms with Gasteiger partial charge in [-0.15, -0.1) is 0 Å². The van der Waals surface area contributed by atoms with E-state index in [1.807, 2.05) is 78.0 Å². The number of hydrogen-bond acceptors (Lipinski definition) is 5. The van der Waals surface area contributed by atoms with Crippen LogP contribution in [0.4, 0.5) is 11.4 Å². The van der Waals surface area contributed by atoms with Crippen LogP contribution in [0.5, 0.6) is 0 Å². The Morgan fingerprint density at radius 2 is 1.85 bits per heavy atom. The lowest BCUT2D eigenvalue weighted by Crippen LogP contribution is -2.30. The van der Waals surface area contributed by atoms with Crippen LogP contribution in [0.2, 0.25) is 5.02 Å². The fourth-order valence-electron chi connectivity index (χ4n) is 4.79. The molecule has 2 aromatic carbocycles. The van der Waals surface area contributed by atoms with Crippen molar-refractivity contribution in [3.05, 3.63) is 107 Å². The van der Waals surface area contributed by atoms with Gasteiger partial charge < -0.3 is 24.8 Å². The van der Waals surface area contributed by atoms with Gasteiger partial charge in [0.15, 0.2) is 5.11 Å². The summed E-state index contributed by atoms with van der Waals surface area (Å²) in [4.78, 5) is 31.5. The average Bonchev–Trinajstić information content (AvgIpc) is 3.58.